The van der Waals surface area contributed by atoms with E-state index in [-0.39, 0.29) is 29.7 Å². The molecule has 8 amide bonds. The van der Waals surface area contributed by atoms with E-state index in [2.05, 4.69) is 43.8 Å². The summed E-state index contributed by atoms with van der Waals surface area (Å²) in [6.45, 7) is 12.1. The molecule has 2 aliphatic heterocycles. The molecule has 0 aromatic rings. The van der Waals surface area contributed by atoms with Gasteiger partial charge in [-0.05, 0) is 45.4 Å². The van der Waals surface area contributed by atoms with Gasteiger partial charge in [0.25, 0.3) is 0 Å². The monoisotopic (exact) mass is 944 g/mol. The molecular formula is C40H68N10O12S2. The highest BCUT2D eigenvalue weighted by Gasteiger charge is 2.44. The lowest BCUT2D eigenvalue weighted by molar-refractivity contribution is -0.143. The molecule has 2 heterocycles. The van der Waals surface area contributed by atoms with E-state index in [1.165, 1.54) is 6.92 Å². The molecule has 0 aliphatic carbocycles. The van der Waals surface area contributed by atoms with E-state index in [1.807, 2.05) is 13.0 Å². The number of amides is 8. The Bertz CT molecular complexity index is 1690. The van der Waals surface area contributed by atoms with Gasteiger partial charge in [-0.3, -0.25) is 38.4 Å². The van der Waals surface area contributed by atoms with Crippen molar-refractivity contribution in [2.75, 3.05) is 44.3 Å². The topological polar surface area (TPSA) is 360 Å². The highest BCUT2D eigenvalue weighted by molar-refractivity contribution is 8.00. The molecule has 2 rings (SSSR count). The van der Waals surface area contributed by atoms with Gasteiger partial charge in [0.05, 0.1) is 31.8 Å². The summed E-state index contributed by atoms with van der Waals surface area (Å²) < 4.78 is 13.7. The molecule has 0 aromatic carbocycles. The third-order valence-corrected chi connectivity index (χ3v) is 13.5. The first-order chi connectivity index (χ1) is 30.1. The van der Waals surface area contributed by atoms with Crippen LogP contribution in [0.4, 0.5) is 0 Å². The van der Waals surface area contributed by atoms with Gasteiger partial charge in [0.1, 0.15) is 29.9 Å². The number of piperidine rings is 1. The lowest BCUT2D eigenvalue weighted by atomic mass is 9.95. The highest BCUT2D eigenvalue weighted by atomic mass is 32.2. The Morgan fingerprint density at radius 1 is 0.969 bits per heavy atom. The summed E-state index contributed by atoms with van der Waals surface area (Å²) in [5.74, 6) is -8.65. The fourth-order valence-electron chi connectivity index (χ4n) is 6.81. The van der Waals surface area contributed by atoms with Crippen LogP contribution in [0.25, 0.3) is 0 Å². The van der Waals surface area contributed by atoms with Crippen LogP contribution in [-0.2, 0) is 49.5 Å². The second-order valence-corrected chi connectivity index (χ2v) is 18.8. The van der Waals surface area contributed by atoms with Crippen LogP contribution in [0.3, 0.4) is 0 Å². The predicted molar refractivity (Wildman–Crippen MR) is 239 cm³/mol. The van der Waals surface area contributed by atoms with Crippen molar-refractivity contribution in [2.45, 2.75) is 121 Å². The normalized spacial score (nSPS) is 20.5. The Balaban J connectivity index is 2.36. The number of hydrogen-bond acceptors (Lipinski definition) is 15. The summed E-state index contributed by atoms with van der Waals surface area (Å²) >= 11 is -0.309. The molecule has 2 saturated heterocycles. The maximum Gasteiger partial charge on any atom is 0.248 e. The average molecular weight is 945 g/mol. The van der Waals surface area contributed by atoms with Crippen LogP contribution in [0.1, 0.15) is 73.1 Å². The second kappa shape index (κ2) is 27.8. The average Bonchev–Trinajstić information content (AvgIpc) is 3.66. The van der Waals surface area contributed by atoms with Gasteiger partial charge in [0.2, 0.25) is 52.3 Å². The first-order valence-corrected chi connectivity index (χ1v) is 23.7. The van der Waals surface area contributed by atoms with Crippen LogP contribution in [-0.4, -0.2) is 164 Å². The Morgan fingerprint density at radius 3 is 2.20 bits per heavy atom. The van der Waals surface area contributed by atoms with E-state index in [0.29, 0.717) is 23.1 Å². The number of nitrogens with two attached hydrogens (primary N) is 2. The predicted octanol–water partition coefficient (Wildman–Crippen LogP) is -3.99. The highest BCUT2D eigenvalue weighted by Crippen LogP contribution is 2.22. The van der Waals surface area contributed by atoms with Crippen LogP contribution < -0.4 is 48.7 Å². The van der Waals surface area contributed by atoms with Crippen LogP contribution in [0.5, 0.6) is 0 Å². The molecule has 0 spiro atoms. The van der Waals surface area contributed by atoms with Gasteiger partial charge in [0, 0.05) is 53.2 Å². The van der Waals surface area contributed by atoms with E-state index in [4.69, 9.17) is 11.5 Å². The third kappa shape index (κ3) is 18.2. The quantitative estimate of drug-likeness (QED) is 0.0350. The van der Waals surface area contributed by atoms with Crippen molar-refractivity contribution in [3.63, 3.8) is 0 Å². The number of carbonyl (C=O) groups is 8. The summed E-state index contributed by atoms with van der Waals surface area (Å²) in [7, 11) is 0. The Morgan fingerprint density at radius 2 is 1.62 bits per heavy atom. The summed E-state index contributed by atoms with van der Waals surface area (Å²) in [4.78, 5) is 106. The summed E-state index contributed by atoms with van der Waals surface area (Å²) in [6, 6.07) is -7.47. The largest absolute Gasteiger partial charge is 0.610 e. The van der Waals surface area contributed by atoms with Gasteiger partial charge >= 0.3 is 0 Å². The number of primary amides is 2. The van der Waals surface area contributed by atoms with E-state index in [0.717, 1.165) is 30.8 Å². The van der Waals surface area contributed by atoms with Crippen molar-refractivity contribution in [1.29, 1.82) is 0 Å². The van der Waals surface area contributed by atoms with Crippen molar-refractivity contribution in [1.82, 2.24) is 42.1 Å². The molecule has 10 atom stereocenters. The summed E-state index contributed by atoms with van der Waals surface area (Å²) in [6.07, 6.45) is 0.667. The molecule has 2 aliphatic rings. The standard InChI is InChI=1S/C40H68N10O12S2/c1-7-21(3)34(48-32(55)8-2)39(60)44-17-33(56)46-28(20-64(62)24(6)45-22(4)11-14-63-26-9-12-43-13-10-26)37(58)47-27(16-31(41)54)40(61)50-18-25(52)15-29(50)38(59)49-35(36(42)57)23(5)30(53)19-51/h11,21,23,25-30,34-35,43,45,51-53H,6-10,12-20H2,1-5H3,(H2,41,54)(H2,42,57)(H,44,60)(H,46,56)(H,47,58)(H,48,55)(H,49,59)/b22-11-/t21-,23-,25+,27-,28-,29-,30-,34-,35-,64?/m0/s1. The van der Waals surface area contributed by atoms with Crippen LogP contribution in [0.15, 0.2) is 23.4 Å². The van der Waals surface area contributed by atoms with Crippen molar-refractivity contribution >= 4 is 70.2 Å². The smallest absolute Gasteiger partial charge is 0.248 e. The first-order valence-electron chi connectivity index (χ1n) is 21.3. The van der Waals surface area contributed by atoms with Gasteiger partial charge in [0.15, 0.2) is 6.04 Å². The minimum absolute atomic E-state index is 0.0243. The number of likely N-dealkylation sites (tertiary alicyclic amines) is 1. The first kappa shape index (κ1) is 55.7. The van der Waals surface area contributed by atoms with Crippen molar-refractivity contribution in [2.24, 2.45) is 23.3 Å². The molecule has 0 aromatic heterocycles. The minimum Gasteiger partial charge on any atom is -0.610 e. The third-order valence-electron chi connectivity index (χ3n) is 11.0. The van der Waals surface area contributed by atoms with Gasteiger partial charge in [-0.2, -0.15) is 11.8 Å². The van der Waals surface area contributed by atoms with E-state index in [9.17, 15) is 58.2 Å². The van der Waals surface area contributed by atoms with Gasteiger partial charge in [-0.1, -0.05) is 40.2 Å². The van der Waals surface area contributed by atoms with Gasteiger partial charge in [-0.25, -0.2) is 0 Å². The number of nitrogens with zero attached hydrogens (tertiary/aromatic N) is 1. The molecule has 0 bridgehead atoms. The fourth-order valence-corrected chi connectivity index (χ4v) is 9.01. The Hall–Kier alpha value is -4.46. The van der Waals surface area contributed by atoms with Crippen molar-refractivity contribution < 1.29 is 58.2 Å². The lowest BCUT2D eigenvalue weighted by Crippen LogP contribution is -2.60. The number of hydrogen-bond donors (Lipinski definition) is 12. The van der Waals surface area contributed by atoms with Gasteiger partial charge in [-0.15, -0.1) is 0 Å². The number of β-amino-alcohol motifs (C(OH)–C–C–N with tert-alkyl or cyclic N) is 1. The van der Waals surface area contributed by atoms with Crippen LogP contribution in [0, 0.1) is 11.8 Å². The number of nitrogens with one attached hydrogen (secondary N) is 7. The number of rotatable bonds is 27. The van der Waals surface area contributed by atoms with Crippen LogP contribution in [0.2, 0.25) is 0 Å². The minimum atomic E-state index is -2.09. The Kier molecular flexibility index (Phi) is 24.2. The number of thioether (sulfide) groups is 1. The molecule has 0 radical (unpaired) electrons. The maximum absolute atomic E-state index is 14.1. The molecule has 64 heavy (non-hydrogen) atoms. The SMILES string of the molecule is C=C(N/C(C)=C\CSC1CCNCC1)[S+]([O-])C[C@H](NC(=O)CNC(=O)[C@@H](NC(=O)CC)[C@@H](C)CC)C(=O)N[C@@H](CC(N)=O)C(=O)N1C[C@H](O)C[C@H]1C(=O)N[C@H](C(N)=O)[C@@H](C)[C@@H](O)CO. The van der Waals surface area contributed by atoms with E-state index >= 15 is 0 Å². The molecule has 14 N–H and O–H groups in total. The van der Waals surface area contributed by atoms with Crippen molar-refractivity contribution in [3.8, 4) is 0 Å². The maximum atomic E-state index is 14.1. The summed E-state index contributed by atoms with van der Waals surface area (Å²) in [5.41, 5.74) is 11.5. The number of carbonyl (C=O) groups excluding carboxylic acids is 8. The van der Waals surface area contributed by atoms with Crippen molar-refractivity contribution in [3.05, 3.63) is 23.4 Å². The number of allylic oxidation sites excluding steroid dienone is 1. The van der Waals surface area contributed by atoms with Gasteiger partial charge < -0.3 is 73.5 Å². The number of aliphatic hydroxyl groups excluding tert-OH is 3. The number of aliphatic hydroxyl groups is 3. The molecule has 24 heteroatoms. The fraction of sp³-hybridized carbons (Fsp3) is 0.700. The Labute approximate surface area is 381 Å². The zero-order valence-electron chi connectivity index (χ0n) is 37.2. The molecule has 0 saturated carbocycles. The zero-order valence-corrected chi connectivity index (χ0v) is 38.8. The molecule has 22 nitrogen and oxygen atoms in total. The molecule has 1 unspecified atom stereocenters. The summed E-state index contributed by atoms with van der Waals surface area (Å²) in [5, 5.41) is 48.9. The lowest BCUT2D eigenvalue weighted by Gasteiger charge is -2.31. The molecule has 362 valence electrons. The van der Waals surface area contributed by atoms with E-state index < -0.39 is 133 Å². The second-order valence-electron chi connectivity index (χ2n) is 16.0. The molecule has 2 fully saturated rings. The van der Waals surface area contributed by atoms with Crippen LogP contribution >= 0.6 is 11.8 Å². The zero-order chi connectivity index (χ0) is 48.3. The molecular weight excluding hydrogens is 877 g/mol. The van der Waals surface area contributed by atoms with E-state index in [1.54, 1.807) is 32.5 Å².